The van der Waals surface area contributed by atoms with Gasteiger partial charge >= 0.3 is 6.03 Å². The number of urea groups is 1. The van der Waals surface area contributed by atoms with E-state index in [0.29, 0.717) is 34.1 Å². The number of carbonyl (C=O) groups is 3. The number of aromatic amines is 1. The maximum atomic E-state index is 12.9. The maximum Gasteiger partial charge on any atom is 0.324 e. The Morgan fingerprint density at radius 3 is 2.58 bits per heavy atom. The van der Waals surface area contributed by atoms with Crippen LogP contribution < -0.4 is 26.6 Å². The summed E-state index contributed by atoms with van der Waals surface area (Å²) in [5.74, 6) is 0.661. The van der Waals surface area contributed by atoms with Gasteiger partial charge in [-0.1, -0.05) is 32.0 Å². The summed E-state index contributed by atoms with van der Waals surface area (Å²) in [6.07, 6.45) is 3.58. The number of hydrogen-bond acceptors (Lipinski definition) is 6. The van der Waals surface area contributed by atoms with Gasteiger partial charge in [0.25, 0.3) is 5.91 Å². The molecular formula is C28H34ClN7O4. The van der Waals surface area contributed by atoms with Crippen molar-refractivity contribution >= 4 is 64.8 Å². The second-order valence-electron chi connectivity index (χ2n) is 11.0. The number of aromatic nitrogens is 2. The molecule has 0 aliphatic carbocycles. The number of benzene rings is 1. The van der Waals surface area contributed by atoms with Crippen molar-refractivity contribution in [2.75, 3.05) is 27.8 Å². The zero-order chi connectivity index (χ0) is 27.9. The number of amides is 4. The number of fused-ring (bicyclic) bond motifs is 1. The third-order valence-electron chi connectivity index (χ3n) is 6.94. The first-order valence-corrected chi connectivity index (χ1v) is 13.0. The molecule has 12 heteroatoms. The number of rotatable bonds is 5. The molecule has 0 unspecified atom stereocenters. The fourth-order valence-corrected chi connectivity index (χ4v) is 4.75. The molecule has 3 aromatic rings. The van der Waals surface area contributed by atoms with Gasteiger partial charge in [-0.25, -0.2) is 4.79 Å². The molecule has 212 valence electrons. The first kappa shape index (κ1) is 28.9. The number of carbonyl (C=O) groups excluding carboxylic acids is 3. The van der Waals surface area contributed by atoms with Crippen molar-refractivity contribution in [1.29, 1.82) is 0 Å². The van der Waals surface area contributed by atoms with Crippen LogP contribution in [0.5, 0.6) is 0 Å². The second kappa shape index (κ2) is 11.2. The lowest BCUT2D eigenvalue weighted by Gasteiger charge is -2.12. The predicted molar refractivity (Wildman–Crippen MR) is 158 cm³/mol. The first-order chi connectivity index (χ1) is 18.5. The fraction of sp³-hybridized carbons (Fsp3) is 0.357. The van der Waals surface area contributed by atoms with E-state index in [1.165, 1.54) is 0 Å². The molecule has 1 fully saturated rings. The summed E-state index contributed by atoms with van der Waals surface area (Å²) >= 11 is 0. The molecule has 2 aromatic heterocycles. The van der Waals surface area contributed by atoms with Crippen molar-refractivity contribution in [1.82, 2.24) is 15.5 Å². The Hall–Kier alpha value is -4.09. The van der Waals surface area contributed by atoms with Crippen molar-refractivity contribution < 1.29 is 18.9 Å². The molecular weight excluding hydrogens is 534 g/mol. The van der Waals surface area contributed by atoms with Gasteiger partial charge in [-0.2, -0.15) is 0 Å². The zero-order valence-corrected chi connectivity index (χ0v) is 23.9. The number of hydrogen-bond donors (Lipinski definition) is 6. The molecule has 0 bridgehead atoms. The summed E-state index contributed by atoms with van der Waals surface area (Å²) in [6, 6.07) is 6.22. The average Bonchev–Trinajstić information content (AvgIpc) is 3.65. The van der Waals surface area contributed by atoms with Crippen molar-refractivity contribution in [2.24, 2.45) is 0 Å². The van der Waals surface area contributed by atoms with Crippen molar-refractivity contribution in [3.05, 3.63) is 52.5 Å². The number of aryl methyl sites for hydroxylation is 1. The molecule has 1 saturated heterocycles. The van der Waals surface area contributed by atoms with Gasteiger partial charge in [0.15, 0.2) is 5.82 Å². The Bertz CT molecular complexity index is 1490. The van der Waals surface area contributed by atoms with Crippen LogP contribution in [0.1, 0.15) is 61.9 Å². The van der Waals surface area contributed by atoms with Crippen molar-refractivity contribution in [2.45, 2.75) is 58.9 Å². The third-order valence-corrected chi connectivity index (χ3v) is 6.94. The molecule has 1 aromatic carbocycles. The average molecular weight is 568 g/mol. The maximum absolute atomic E-state index is 12.9. The number of halogens is 1. The lowest BCUT2D eigenvalue weighted by molar-refractivity contribution is -0.117. The van der Waals surface area contributed by atoms with Crippen LogP contribution in [0.25, 0.3) is 11.6 Å². The minimum absolute atomic E-state index is 0. The van der Waals surface area contributed by atoms with Gasteiger partial charge in [0.05, 0.1) is 23.0 Å². The summed E-state index contributed by atoms with van der Waals surface area (Å²) in [7, 11) is 0. The molecule has 2 aliphatic rings. The van der Waals surface area contributed by atoms with Crippen molar-refractivity contribution in [3.8, 4) is 0 Å². The second-order valence-corrected chi connectivity index (χ2v) is 11.0. The quantitative estimate of drug-likeness (QED) is 0.234. The monoisotopic (exact) mass is 567 g/mol. The molecule has 0 spiro atoms. The SMILES string of the molecule is Cc1[nH]c(/C=C2\C(=O)Nc3cc(NC(=O)Nc4cc(C(C)(C)C)on4)ccc32)c(C)c1NC(=O)[C@H]1CCCN1.Cl. The fourth-order valence-electron chi connectivity index (χ4n) is 4.75. The van der Waals surface area contributed by atoms with Crippen LogP contribution in [0.4, 0.5) is 27.7 Å². The summed E-state index contributed by atoms with van der Waals surface area (Å²) in [5.41, 5.74) is 5.19. The third kappa shape index (κ3) is 5.90. The highest BCUT2D eigenvalue weighted by Crippen LogP contribution is 2.36. The molecule has 0 radical (unpaired) electrons. The van der Waals surface area contributed by atoms with Crippen LogP contribution in [-0.4, -0.2) is 40.6 Å². The van der Waals surface area contributed by atoms with Gasteiger partial charge in [-0.3, -0.25) is 14.9 Å². The highest BCUT2D eigenvalue weighted by molar-refractivity contribution is 6.35. The van der Waals surface area contributed by atoms with Gasteiger partial charge in [0.1, 0.15) is 5.76 Å². The van der Waals surface area contributed by atoms with Gasteiger partial charge < -0.3 is 30.8 Å². The minimum atomic E-state index is -0.483. The van der Waals surface area contributed by atoms with Gasteiger partial charge in [0, 0.05) is 34.1 Å². The molecule has 4 heterocycles. The minimum Gasteiger partial charge on any atom is -0.359 e. The van der Waals surface area contributed by atoms with E-state index in [2.05, 4.69) is 36.7 Å². The van der Waals surface area contributed by atoms with Crippen LogP contribution in [0.15, 0.2) is 28.8 Å². The summed E-state index contributed by atoms with van der Waals surface area (Å²) in [5, 5.41) is 18.4. The number of anilines is 4. The van der Waals surface area contributed by atoms with Crippen molar-refractivity contribution in [3.63, 3.8) is 0 Å². The molecule has 40 heavy (non-hydrogen) atoms. The Morgan fingerprint density at radius 2 is 1.90 bits per heavy atom. The van der Waals surface area contributed by atoms with Crippen LogP contribution in [0, 0.1) is 13.8 Å². The first-order valence-electron chi connectivity index (χ1n) is 13.0. The van der Waals surface area contributed by atoms with Gasteiger partial charge in [-0.15, -0.1) is 12.4 Å². The van der Waals surface area contributed by atoms with E-state index in [0.717, 1.165) is 42.0 Å². The Morgan fingerprint density at radius 1 is 1.12 bits per heavy atom. The molecule has 1 atom stereocenters. The van der Waals surface area contributed by atoms with Crippen LogP contribution in [0.3, 0.4) is 0 Å². The summed E-state index contributed by atoms with van der Waals surface area (Å²) < 4.78 is 5.30. The molecule has 0 saturated carbocycles. The largest absolute Gasteiger partial charge is 0.359 e. The summed E-state index contributed by atoms with van der Waals surface area (Å²) in [6.45, 7) is 10.6. The highest BCUT2D eigenvalue weighted by atomic mass is 35.5. The van der Waals surface area contributed by atoms with E-state index < -0.39 is 6.03 Å². The standard InChI is InChI=1S/C28H33N7O4.ClH/c1-14-20(30-15(2)24(14)34-26(37)19-7-6-10-29-19)12-18-17-9-8-16(11-21(17)32-25(18)36)31-27(38)33-23-13-22(39-35-23)28(3,4)5;/h8-9,11-13,19,29-30H,6-7,10H2,1-5H3,(H,32,36)(H,34,37)(H2,31,33,35,38);1H/b18-12-;/t19-;/m1./s1. The number of nitrogens with zero attached hydrogens (tertiary/aromatic N) is 1. The smallest absolute Gasteiger partial charge is 0.324 e. The van der Waals surface area contributed by atoms with Crippen LogP contribution in [-0.2, 0) is 15.0 Å². The van der Waals surface area contributed by atoms with Crippen LogP contribution in [0.2, 0.25) is 0 Å². The Labute approximate surface area is 238 Å². The molecule has 2 aliphatic heterocycles. The lowest BCUT2D eigenvalue weighted by atomic mass is 9.93. The van der Waals surface area contributed by atoms with Crippen LogP contribution >= 0.6 is 12.4 Å². The molecule has 4 amide bonds. The Balaban J connectivity index is 0.00000370. The lowest BCUT2D eigenvalue weighted by Crippen LogP contribution is -2.35. The molecule has 11 nitrogen and oxygen atoms in total. The van der Waals surface area contributed by atoms with E-state index in [1.807, 2.05) is 34.6 Å². The van der Waals surface area contributed by atoms with Gasteiger partial charge in [-0.05, 0) is 57.0 Å². The molecule has 5 rings (SSSR count). The number of nitrogens with one attached hydrogen (secondary N) is 6. The highest BCUT2D eigenvalue weighted by Gasteiger charge is 2.27. The predicted octanol–water partition coefficient (Wildman–Crippen LogP) is 5.17. The molecule has 6 N–H and O–H groups in total. The number of H-pyrrole nitrogens is 1. The van der Waals surface area contributed by atoms with E-state index in [4.69, 9.17) is 4.52 Å². The van der Waals surface area contributed by atoms with E-state index >= 15 is 0 Å². The zero-order valence-electron chi connectivity index (χ0n) is 23.1. The van der Waals surface area contributed by atoms with E-state index in [9.17, 15) is 14.4 Å². The van der Waals surface area contributed by atoms with Gasteiger partial charge in [0.2, 0.25) is 5.91 Å². The van der Waals surface area contributed by atoms with E-state index in [1.54, 1.807) is 30.3 Å². The van der Waals surface area contributed by atoms with E-state index in [-0.39, 0.29) is 35.7 Å². The normalized spacial score (nSPS) is 17.3. The Kier molecular flexibility index (Phi) is 8.08. The summed E-state index contributed by atoms with van der Waals surface area (Å²) in [4.78, 5) is 41.3. The topological polar surface area (TPSA) is 153 Å².